The first-order valence-electron chi connectivity index (χ1n) is 8.02. The van der Waals surface area contributed by atoms with E-state index in [4.69, 9.17) is 0 Å². The normalized spacial score (nSPS) is 14.8. The van der Waals surface area contributed by atoms with Crippen LogP contribution in [0, 0.1) is 0 Å². The average Bonchev–Trinajstić information content (AvgIpc) is 3.26. The SMILES string of the molecule is O=S1(=O)c2cccc3cccc(c23)N1Cc1ccc(-c2nn[nH]n2)cc1. The van der Waals surface area contributed by atoms with Gasteiger partial charge in [0, 0.05) is 10.9 Å². The van der Waals surface area contributed by atoms with Crippen LogP contribution in [-0.4, -0.2) is 29.0 Å². The molecule has 4 aromatic rings. The van der Waals surface area contributed by atoms with E-state index >= 15 is 0 Å². The van der Waals surface area contributed by atoms with Crippen LogP contribution in [0.4, 0.5) is 5.69 Å². The predicted octanol–water partition coefficient (Wildman–Crippen LogP) is 2.73. The van der Waals surface area contributed by atoms with Crippen molar-refractivity contribution in [3.8, 4) is 11.4 Å². The second-order valence-corrected chi connectivity index (χ2v) is 7.91. The molecule has 0 saturated carbocycles. The summed E-state index contributed by atoms with van der Waals surface area (Å²) in [7, 11) is -3.56. The molecule has 0 spiro atoms. The number of anilines is 1. The molecule has 0 fully saturated rings. The number of aromatic amines is 1. The molecule has 1 aromatic heterocycles. The van der Waals surface area contributed by atoms with Gasteiger partial charge in [0.25, 0.3) is 10.0 Å². The van der Waals surface area contributed by atoms with Crippen LogP contribution in [0.1, 0.15) is 5.56 Å². The molecule has 0 atom stereocenters. The third-order valence-corrected chi connectivity index (χ3v) is 6.37. The highest BCUT2D eigenvalue weighted by molar-refractivity contribution is 7.93. The summed E-state index contributed by atoms with van der Waals surface area (Å²) in [5.41, 5.74) is 2.42. The van der Waals surface area contributed by atoms with Gasteiger partial charge < -0.3 is 0 Å². The van der Waals surface area contributed by atoms with Gasteiger partial charge in [0.1, 0.15) is 0 Å². The Kier molecular flexibility index (Phi) is 3.10. The van der Waals surface area contributed by atoms with Crippen molar-refractivity contribution < 1.29 is 8.42 Å². The standard InChI is InChI=1S/C18H13N5O2S/c24-26(25)16-6-2-4-13-3-1-5-15(17(13)16)23(26)11-12-7-9-14(10-8-12)18-19-21-22-20-18/h1-10H,11H2,(H,19,20,21,22). The van der Waals surface area contributed by atoms with Crippen molar-refractivity contribution in [3.63, 3.8) is 0 Å². The highest BCUT2D eigenvalue weighted by atomic mass is 32.2. The van der Waals surface area contributed by atoms with E-state index in [1.165, 1.54) is 4.31 Å². The van der Waals surface area contributed by atoms with Crippen molar-refractivity contribution in [2.45, 2.75) is 11.4 Å². The number of aromatic nitrogens is 4. The lowest BCUT2D eigenvalue weighted by Gasteiger charge is -2.19. The van der Waals surface area contributed by atoms with E-state index < -0.39 is 10.0 Å². The minimum atomic E-state index is -3.56. The zero-order valence-corrected chi connectivity index (χ0v) is 14.3. The van der Waals surface area contributed by atoms with Gasteiger partial charge in [0.2, 0.25) is 5.82 Å². The van der Waals surface area contributed by atoms with E-state index in [9.17, 15) is 8.42 Å². The maximum absolute atomic E-state index is 13.0. The first-order valence-corrected chi connectivity index (χ1v) is 9.46. The Labute approximate surface area is 149 Å². The van der Waals surface area contributed by atoms with E-state index in [1.807, 2.05) is 48.5 Å². The molecule has 0 unspecified atom stereocenters. The third-order valence-electron chi connectivity index (χ3n) is 4.56. The maximum Gasteiger partial charge on any atom is 0.265 e. The molecule has 8 heteroatoms. The Bertz CT molecular complexity index is 1210. The van der Waals surface area contributed by atoms with Gasteiger partial charge in [-0.25, -0.2) is 8.42 Å². The average molecular weight is 363 g/mol. The molecular formula is C18H13N5O2S. The Morgan fingerprint density at radius 2 is 1.73 bits per heavy atom. The van der Waals surface area contributed by atoms with Crippen LogP contribution in [0.5, 0.6) is 0 Å². The summed E-state index contributed by atoms with van der Waals surface area (Å²) < 4.78 is 27.5. The molecule has 2 heterocycles. The van der Waals surface area contributed by atoms with Gasteiger partial charge in [-0.2, -0.15) is 5.21 Å². The van der Waals surface area contributed by atoms with E-state index in [-0.39, 0.29) is 6.54 Å². The second-order valence-electron chi connectivity index (χ2n) is 6.08. The monoisotopic (exact) mass is 363 g/mol. The highest BCUT2D eigenvalue weighted by Gasteiger charge is 2.35. The van der Waals surface area contributed by atoms with Crippen LogP contribution in [0.2, 0.25) is 0 Å². The lowest BCUT2D eigenvalue weighted by Crippen LogP contribution is -2.26. The number of nitrogens with one attached hydrogen (secondary N) is 1. The van der Waals surface area contributed by atoms with Gasteiger partial charge in [0.05, 0.1) is 17.1 Å². The van der Waals surface area contributed by atoms with Crippen LogP contribution in [0.15, 0.2) is 65.6 Å². The number of tetrazole rings is 1. The fourth-order valence-corrected chi connectivity index (χ4v) is 5.04. The third kappa shape index (κ3) is 2.12. The molecule has 128 valence electrons. The summed E-state index contributed by atoms with van der Waals surface area (Å²) in [5, 5.41) is 15.6. The molecule has 26 heavy (non-hydrogen) atoms. The minimum absolute atomic E-state index is 0.267. The summed E-state index contributed by atoms with van der Waals surface area (Å²) in [6, 6.07) is 18.5. The van der Waals surface area contributed by atoms with Crippen molar-refractivity contribution >= 4 is 26.5 Å². The fourth-order valence-electron chi connectivity index (χ4n) is 3.34. The number of hydrogen-bond donors (Lipinski definition) is 1. The summed E-state index contributed by atoms with van der Waals surface area (Å²) in [6.07, 6.45) is 0. The zero-order valence-electron chi connectivity index (χ0n) is 13.5. The highest BCUT2D eigenvalue weighted by Crippen LogP contribution is 2.42. The zero-order chi connectivity index (χ0) is 17.7. The van der Waals surface area contributed by atoms with E-state index in [0.29, 0.717) is 10.7 Å². The van der Waals surface area contributed by atoms with Crippen LogP contribution in [-0.2, 0) is 16.6 Å². The molecular weight excluding hydrogens is 350 g/mol. The number of sulfonamides is 1. The van der Waals surface area contributed by atoms with Gasteiger partial charge in [-0.3, -0.25) is 4.31 Å². The second kappa shape index (κ2) is 5.37. The first-order chi connectivity index (χ1) is 12.6. The number of benzene rings is 3. The topological polar surface area (TPSA) is 91.8 Å². The van der Waals surface area contributed by atoms with Gasteiger partial charge in [-0.05, 0) is 28.3 Å². The Morgan fingerprint density at radius 1 is 0.962 bits per heavy atom. The van der Waals surface area contributed by atoms with Gasteiger partial charge in [-0.1, -0.05) is 48.5 Å². The lowest BCUT2D eigenvalue weighted by molar-refractivity contribution is 0.593. The van der Waals surface area contributed by atoms with E-state index in [2.05, 4.69) is 20.6 Å². The molecule has 0 amide bonds. The van der Waals surface area contributed by atoms with Gasteiger partial charge in [-0.15, -0.1) is 10.2 Å². The summed E-state index contributed by atoms with van der Waals surface area (Å²) in [5.74, 6) is 0.502. The van der Waals surface area contributed by atoms with E-state index in [1.54, 1.807) is 12.1 Å². The largest absolute Gasteiger partial charge is 0.265 e. The van der Waals surface area contributed by atoms with Crippen LogP contribution in [0.3, 0.4) is 0 Å². The van der Waals surface area contributed by atoms with Gasteiger partial charge in [0.15, 0.2) is 0 Å². The van der Waals surface area contributed by atoms with Crippen molar-refractivity contribution in [3.05, 3.63) is 66.2 Å². The molecule has 0 bridgehead atoms. The lowest BCUT2D eigenvalue weighted by atomic mass is 10.1. The summed E-state index contributed by atoms with van der Waals surface area (Å²) >= 11 is 0. The quantitative estimate of drug-likeness (QED) is 0.604. The van der Waals surface area contributed by atoms with Crippen molar-refractivity contribution in [2.24, 2.45) is 0 Å². The van der Waals surface area contributed by atoms with E-state index in [0.717, 1.165) is 27.6 Å². The molecule has 0 aliphatic carbocycles. The van der Waals surface area contributed by atoms with Crippen LogP contribution >= 0.6 is 0 Å². The molecule has 1 aliphatic heterocycles. The minimum Gasteiger partial charge on any atom is -0.261 e. The molecule has 1 aliphatic rings. The molecule has 7 nitrogen and oxygen atoms in total. The molecule has 5 rings (SSSR count). The van der Waals surface area contributed by atoms with Crippen LogP contribution in [0.25, 0.3) is 22.2 Å². The van der Waals surface area contributed by atoms with Crippen molar-refractivity contribution in [2.75, 3.05) is 4.31 Å². The number of H-pyrrole nitrogens is 1. The molecule has 0 saturated heterocycles. The fraction of sp³-hybridized carbons (Fsp3) is 0.0556. The Balaban J connectivity index is 1.54. The Morgan fingerprint density at radius 3 is 2.46 bits per heavy atom. The first kappa shape index (κ1) is 15.0. The maximum atomic E-state index is 13.0. The van der Waals surface area contributed by atoms with Crippen molar-refractivity contribution in [1.82, 2.24) is 20.6 Å². The molecule has 3 aromatic carbocycles. The Hall–Kier alpha value is -3.26. The summed E-state index contributed by atoms with van der Waals surface area (Å²) in [6.45, 7) is 0.267. The molecule has 1 N–H and O–H groups in total. The molecule has 0 radical (unpaired) electrons. The number of hydrogen-bond acceptors (Lipinski definition) is 5. The van der Waals surface area contributed by atoms with Crippen molar-refractivity contribution in [1.29, 1.82) is 0 Å². The predicted molar refractivity (Wildman–Crippen MR) is 96.9 cm³/mol. The van der Waals surface area contributed by atoms with Gasteiger partial charge >= 0.3 is 0 Å². The number of nitrogens with zero attached hydrogens (tertiary/aromatic N) is 4. The van der Waals surface area contributed by atoms with Crippen LogP contribution < -0.4 is 4.31 Å². The smallest absolute Gasteiger partial charge is 0.261 e. The summed E-state index contributed by atoms with van der Waals surface area (Å²) in [4.78, 5) is 0.369. The number of rotatable bonds is 3.